The van der Waals surface area contributed by atoms with Crippen molar-refractivity contribution in [3.8, 4) is 0 Å². The minimum Gasteiger partial charge on any atom is -0.465 e. The Morgan fingerprint density at radius 2 is 1.02 bits per heavy atom. The van der Waals surface area contributed by atoms with E-state index in [1.807, 2.05) is 62.3 Å². The fourth-order valence-corrected chi connectivity index (χ4v) is 50.1. The Morgan fingerprint density at radius 3 is 1.44 bits per heavy atom. The van der Waals surface area contributed by atoms with Gasteiger partial charge in [-0.25, -0.2) is 0 Å². The Hall–Kier alpha value is 0.725. The van der Waals surface area contributed by atoms with E-state index in [-0.39, 0.29) is 24.7 Å². The normalized spacial score (nSPS) is 43.5. The summed E-state index contributed by atoms with van der Waals surface area (Å²) in [6, 6.07) is 2.75. The number of carbonyl (C=O) groups is 1. The molecular weight excluding hydrogens is 725 g/mol. The third-order valence-corrected chi connectivity index (χ3v) is 43.0. The van der Waals surface area contributed by atoms with Crippen LogP contribution >= 0.6 is 0 Å². The quantitative estimate of drug-likeness (QED) is 0.159. The summed E-state index contributed by atoms with van der Waals surface area (Å²) >= 11 is 0. The molecule has 0 aromatic carbocycles. The maximum atomic E-state index is 12.8. The third kappa shape index (κ3) is 7.89. The molecule has 6 bridgehead atoms. The molecule has 8 unspecified atom stereocenters. The van der Waals surface area contributed by atoms with Gasteiger partial charge in [0.2, 0.25) is 0 Å². The first-order chi connectivity index (χ1) is 21.1. The van der Waals surface area contributed by atoms with E-state index in [0.717, 1.165) is 0 Å². The molecule has 8 atom stereocenters. The number of carbonyl (C=O) groups excluding carboxylic acids is 1. The number of hydrogen-bond donors (Lipinski definition) is 1. The van der Waals surface area contributed by atoms with Crippen LogP contribution in [-0.2, 0) is 54.8 Å². The predicted molar refractivity (Wildman–Crippen MR) is 179 cm³/mol. The fourth-order valence-electron chi connectivity index (χ4n) is 5.34. The summed E-state index contributed by atoms with van der Waals surface area (Å²) < 4.78 is 82.3. The summed E-state index contributed by atoms with van der Waals surface area (Å²) in [5, 5.41) is 0. The number of ether oxygens (including phenoxy) is 1. The molecular formula is C23H54O14Si8. The van der Waals surface area contributed by atoms with Gasteiger partial charge in [0.05, 0.1) is 12.0 Å². The Labute approximate surface area is 278 Å². The zero-order chi connectivity index (χ0) is 33.4. The van der Waals surface area contributed by atoms with Crippen molar-refractivity contribution < 1.29 is 59.6 Å². The van der Waals surface area contributed by atoms with E-state index in [2.05, 4.69) is 0 Å². The lowest BCUT2D eigenvalue weighted by Crippen LogP contribution is -2.83. The fraction of sp³-hybridized carbons (Fsp3) is 0.957. The van der Waals surface area contributed by atoms with Crippen molar-refractivity contribution in [3.05, 3.63) is 0 Å². The summed E-state index contributed by atoms with van der Waals surface area (Å²) in [6.45, 7) is 19.2. The Kier molecular flexibility index (Phi) is 12.1. The number of fused-ring (bicyclic) bond motifs is 4. The van der Waals surface area contributed by atoms with Gasteiger partial charge in [0.15, 0.2) is 0 Å². The van der Waals surface area contributed by atoms with Gasteiger partial charge in [0.1, 0.15) is 0 Å². The lowest BCUT2D eigenvalue weighted by atomic mass is 9.91. The smallest absolute Gasteiger partial charge is 0.465 e. The second kappa shape index (κ2) is 14.2. The number of hydrogen-bond acceptors (Lipinski definition) is 14. The lowest BCUT2D eigenvalue weighted by Gasteiger charge is -2.59. The molecule has 1 N–H and O–H groups in total. The van der Waals surface area contributed by atoms with Gasteiger partial charge >= 0.3 is 76.9 Å². The highest BCUT2D eigenvalue weighted by Crippen LogP contribution is 2.49. The van der Waals surface area contributed by atoms with E-state index >= 15 is 0 Å². The molecule has 0 aromatic heterocycles. The van der Waals surface area contributed by atoms with Crippen molar-refractivity contribution >= 4 is 76.9 Å². The lowest BCUT2D eigenvalue weighted by molar-refractivity contribution is -0.154. The van der Waals surface area contributed by atoms with E-state index in [1.165, 1.54) is 0 Å². The minimum atomic E-state index is -4.09. The van der Waals surface area contributed by atoms with E-state index < -0.39 is 76.3 Å². The van der Waals surface area contributed by atoms with Crippen molar-refractivity contribution in [1.29, 1.82) is 0 Å². The molecule has 4 aliphatic rings. The van der Waals surface area contributed by atoms with E-state index in [1.54, 1.807) is 6.92 Å². The van der Waals surface area contributed by atoms with Crippen LogP contribution in [0.1, 0.15) is 82.1 Å². The van der Waals surface area contributed by atoms with Gasteiger partial charge < -0.3 is 54.8 Å². The average Bonchev–Trinajstić information content (AvgIpc) is 2.99. The molecule has 0 aliphatic carbocycles. The first kappa shape index (κ1) is 38.5. The predicted octanol–water partition coefficient (Wildman–Crippen LogP) is 4.52. The molecule has 4 saturated heterocycles. The van der Waals surface area contributed by atoms with Crippen molar-refractivity contribution in [2.45, 2.75) is 130 Å². The molecule has 0 saturated carbocycles. The van der Waals surface area contributed by atoms with Gasteiger partial charge in [-0.2, -0.15) is 0 Å². The first-order valence-corrected chi connectivity index (χ1v) is 31.9. The minimum absolute atomic E-state index is 0.110. The zero-order valence-electron chi connectivity index (χ0n) is 28.6. The highest BCUT2D eigenvalue weighted by Gasteiger charge is 2.77. The molecule has 0 radical (unpaired) electrons. The van der Waals surface area contributed by atoms with Crippen LogP contribution in [-0.4, -0.2) is 88.3 Å². The van der Waals surface area contributed by atoms with Gasteiger partial charge in [-0.15, -0.1) is 0 Å². The van der Waals surface area contributed by atoms with E-state index in [0.29, 0.717) is 49.1 Å². The molecule has 14 nitrogen and oxygen atoms in total. The average molecular weight is 779 g/mol. The highest BCUT2D eigenvalue weighted by atomic mass is 28.6. The molecule has 22 heteroatoms. The summed E-state index contributed by atoms with van der Waals surface area (Å²) in [5.74, 6) is -0.286. The van der Waals surface area contributed by atoms with Crippen LogP contribution in [0.2, 0.25) is 48.4 Å². The van der Waals surface area contributed by atoms with Gasteiger partial charge in [-0.1, -0.05) is 55.4 Å². The van der Waals surface area contributed by atoms with Crippen molar-refractivity contribution in [2.75, 3.05) is 6.61 Å². The van der Waals surface area contributed by atoms with Crippen molar-refractivity contribution in [1.82, 2.24) is 0 Å². The van der Waals surface area contributed by atoms with E-state index in [4.69, 9.17) is 50.0 Å². The van der Waals surface area contributed by atoms with Crippen molar-refractivity contribution in [3.63, 3.8) is 0 Å². The first-order valence-electron chi connectivity index (χ1n) is 16.6. The van der Waals surface area contributed by atoms with Crippen LogP contribution in [0.25, 0.3) is 0 Å². The van der Waals surface area contributed by atoms with Crippen LogP contribution in [0.5, 0.6) is 0 Å². The Bertz CT molecular complexity index is 1060. The Morgan fingerprint density at radius 1 is 0.622 bits per heavy atom. The topological polar surface area (TPSA) is 148 Å². The standard InChI is InChI=1S/C23H54O14Si8/c1-11-23(9,10)22(24)26-20-19-21-45-30-39(25,13-3)29-42(16-6)31-40(14-4)27-38(12-2)28-41(15-5,34-45)33-43(17-7,32-40)36-44(18-8,35-42)37-45/h25,38H,11-21H2,1-10H3. The van der Waals surface area contributed by atoms with Crippen LogP contribution in [0, 0.1) is 5.41 Å². The zero-order valence-corrected chi connectivity index (χ0v) is 36.8. The molecule has 45 heavy (non-hydrogen) atoms. The molecule has 0 amide bonds. The number of esters is 1. The highest BCUT2D eigenvalue weighted by molar-refractivity contribution is 7.00. The second-order valence-corrected chi connectivity index (χ2v) is 37.7. The Balaban J connectivity index is 1.89. The van der Waals surface area contributed by atoms with E-state index in [9.17, 15) is 9.59 Å². The second-order valence-electron chi connectivity index (χ2n) is 12.4. The van der Waals surface area contributed by atoms with Crippen molar-refractivity contribution in [2.24, 2.45) is 5.41 Å². The van der Waals surface area contributed by atoms with Crippen LogP contribution in [0.3, 0.4) is 0 Å². The summed E-state index contributed by atoms with van der Waals surface area (Å²) in [6.07, 6.45) is 0.985. The van der Waals surface area contributed by atoms with Crippen LogP contribution < -0.4 is 0 Å². The maximum absolute atomic E-state index is 12.8. The molecule has 262 valence electrons. The summed E-state index contributed by atoms with van der Waals surface area (Å²) in [4.78, 5) is 24.9. The molecule has 4 fully saturated rings. The summed E-state index contributed by atoms with van der Waals surface area (Å²) in [5.41, 5.74) is -0.610. The molecule has 4 aliphatic heterocycles. The van der Waals surface area contributed by atoms with Gasteiger partial charge in [0, 0.05) is 42.3 Å². The SMILES string of the molecule is CC[SiH]1O[Si]2(CC)O[Si]3(CC)O[Si](O)(CC)O[Si]4(CCCOC(=O)C(C)(C)CC)O[Si](CC)(O1)O[Si](CC)(O2)O[Si](CC)(O3)O4. The molecule has 0 aromatic rings. The number of rotatable bonds is 13. The third-order valence-electron chi connectivity index (χ3n) is 8.67. The van der Waals surface area contributed by atoms with Gasteiger partial charge in [0.25, 0.3) is 0 Å². The summed E-state index contributed by atoms with van der Waals surface area (Å²) in [7, 11) is -29.2. The van der Waals surface area contributed by atoms with Crippen LogP contribution in [0.15, 0.2) is 0 Å². The molecule has 4 heterocycles. The maximum Gasteiger partial charge on any atom is 0.483 e. The molecule has 0 spiro atoms. The van der Waals surface area contributed by atoms with Gasteiger partial charge in [-0.05, 0) is 32.7 Å². The molecule has 4 rings (SSSR count). The monoisotopic (exact) mass is 778 g/mol. The largest absolute Gasteiger partial charge is 0.483 e. The van der Waals surface area contributed by atoms with Gasteiger partial charge in [-0.3, -0.25) is 4.79 Å². The van der Waals surface area contributed by atoms with Crippen LogP contribution in [0.4, 0.5) is 0 Å².